The standard InChI is InChI=1S/C93H119F3N16O21S/c1-10-11-26-71-92(130)112-47-59(114)43-73(112)87(125)105-68(44-78(117)118)85(123)107-80(52(4)5)93(131)109(7)72(40-53-20-14-12-15-21-53)86(124)101-64(31-33-132-9)90(128)111-32-34-133-48-75(111)88(126)104-67(42-57-45-98-63-25-19-18-24-60(57)63)84(122)103-66(38-55-27-29-58(113)30-28-55)83(121)102-65(35-51(2)3)82(120)106-70(81(119)99-46-76(97)115)49-134-50-77(116)100-69(39-56-36-61(94)79(96)62(95)37-56)89(127)110(8)74(91(129)108(71)6)41-54-22-16-13-17-23-54/h12-25,27-30,36-37,45,51-52,59,64-75,80,98,113-114H,10-11,26,31-35,38-44,46-50H2,1-9H3,(H2,97,115)(H,99,119)(H,100,116)(H,101,124)(H,102,121)(H,103,122)(H,104,126)(H,105,125)(H,106,120)(H,107,123)(H,117,118)/t59-,64+,65+,66+,67-,68+,69+,70+,71+,72+,73-,74+,75-,80+/m1/s1. The summed E-state index contributed by atoms with van der Waals surface area (Å²) in [5, 5.41) is 56.3. The number of hydrogen-bond acceptors (Lipinski definition) is 21. The molecule has 9 rings (SSSR count). The van der Waals surface area contributed by atoms with Gasteiger partial charge in [0.15, 0.2) is 17.5 Å². The summed E-state index contributed by atoms with van der Waals surface area (Å²) in [6.45, 7) is 5.84. The van der Waals surface area contributed by atoms with Gasteiger partial charge < -0.3 is 108 Å². The number of para-hydroxylation sites is 1. The number of methoxy groups -OCH3 is 1. The maximum Gasteiger partial charge on any atom is 0.305 e. The number of nitrogens with zero attached hydrogens (tertiary/aromatic N) is 5. The summed E-state index contributed by atoms with van der Waals surface area (Å²) in [6, 6.07) is 8.53. The van der Waals surface area contributed by atoms with Crippen LogP contribution >= 0.6 is 11.8 Å². The van der Waals surface area contributed by atoms with Gasteiger partial charge in [0.1, 0.15) is 84.3 Å². The fraction of sp³-hybridized carbons (Fsp3) is 0.484. The molecule has 0 unspecified atom stereocenters. The fourth-order valence-corrected chi connectivity index (χ4v) is 17.1. The molecule has 37 nitrogen and oxygen atoms in total. The number of hydrogen-bond donors (Lipinski definition) is 14. The third kappa shape index (κ3) is 29.0. The number of ether oxygens (including phenoxy) is 2. The van der Waals surface area contributed by atoms with Crippen molar-refractivity contribution < 1.29 is 115 Å². The minimum absolute atomic E-state index is 0.129. The summed E-state index contributed by atoms with van der Waals surface area (Å²) in [7, 11) is 5.00. The van der Waals surface area contributed by atoms with Crippen molar-refractivity contribution in [3.8, 4) is 5.75 Å². The van der Waals surface area contributed by atoms with Gasteiger partial charge in [-0.1, -0.05) is 138 Å². The molecule has 3 aliphatic rings. The first-order chi connectivity index (χ1) is 63.7. The van der Waals surface area contributed by atoms with E-state index in [1.165, 1.54) is 66.4 Å². The Labute approximate surface area is 777 Å². The number of benzene rings is 5. The molecule has 134 heavy (non-hydrogen) atoms. The summed E-state index contributed by atoms with van der Waals surface area (Å²) in [4.78, 5) is 246. The number of carboxylic acids is 1. The minimum atomic E-state index is -2.03. The number of nitrogens with one attached hydrogen (secondary N) is 10. The van der Waals surface area contributed by atoms with Crippen LogP contribution in [0.1, 0.15) is 107 Å². The molecule has 15 N–H and O–H groups in total. The van der Waals surface area contributed by atoms with E-state index in [1.807, 2.05) is 0 Å². The molecule has 3 fully saturated rings. The first-order valence-corrected chi connectivity index (χ1v) is 45.4. The second-order valence-corrected chi connectivity index (χ2v) is 35.4. The van der Waals surface area contributed by atoms with Crippen LogP contribution in [0.5, 0.6) is 5.75 Å². The molecular formula is C93H119F3N16O21S. The number of unbranched alkanes of at least 4 members (excludes halogenated alkanes) is 1. The topological polar surface area (TPSA) is 519 Å². The van der Waals surface area contributed by atoms with E-state index in [2.05, 4.69) is 52.8 Å². The van der Waals surface area contributed by atoms with Crippen molar-refractivity contribution in [2.45, 2.75) is 196 Å². The molecule has 0 spiro atoms. The number of aromatic hydroxyl groups is 1. The number of aromatic nitrogens is 1. The number of carboxylic acid groups (broad SMARTS) is 1. The summed E-state index contributed by atoms with van der Waals surface area (Å²) >= 11 is 0.661. The Morgan fingerprint density at radius 1 is 0.575 bits per heavy atom. The van der Waals surface area contributed by atoms with Gasteiger partial charge in [-0.3, -0.25) is 76.7 Å². The Morgan fingerprint density at radius 3 is 1.75 bits per heavy atom. The van der Waals surface area contributed by atoms with E-state index < -0.39 is 259 Å². The highest BCUT2D eigenvalue weighted by Gasteiger charge is 2.48. The SMILES string of the molecule is CCCC[C@H]1C(=O)N2C[C@H](O)C[C@@H]2C(=O)N[C@@H](CC(=O)O)C(=O)N[C@@H](C(C)C)C(=O)N(C)[C@@H](Cc2ccccc2)C(=O)N[C@@H](CCOC)C(=O)N2CCOC[C@@H]2C(=O)N[C@H](Cc2c[nH]c3ccccc23)C(=O)N[C@@H](Cc2ccc(O)cc2)C(=O)N[C@@H](CC(C)C)C(=O)N[C@H](C(=O)NCC(N)=O)CSCC(=O)N[C@@H](Cc2cc(F)c(F)c(F)c2)C(=O)N(C)[C@@H](Cc2ccccc2)C(=O)N1C. The largest absolute Gasteiger partial charge is 0.508 e. The van der Waals surface area contributed by atoms with Crippen LogP contribution in [-0.4, -0.2) is 303 Å². The second-order valence-electron chi connectivity index (χ2n) is 34.4. The molecule has 0 bridgehead atoms. The zero-order valence-corrected chi connectivity index (χ0v) is 76.9. The molecule has 1 aromatic heterocycles. The Morgan fingerprint density at radius 2 is 1.13 bits per heavy atom. The van der Waals surface area contributed by atoms with Crippen LogP contribution < -0.4 is 53.6 Å². The molecule has 6 aromatic rings. The maximum absolute atomic E-state index is 15.7. The number of primary amides is 1. The Kier molecular flexibility index (Phi) is 38.8. The van der Waals surface area contributed by atoms with E-state index in [-0.39, 0.29) is 82.4 Å². The number of carbonyl (C=O) groups excluding carboxylic acids is 15. The minimum Gasteiger partial charge on any atom is -0.508 e. The number of morpholine rings is 1. The number of carbonyl (C=O) groups is 16. The second kappa shape index (κ2) is 49.6. The number of rotatable bonds is 24. The van der Waals surface area contributed by atoms with E-state index >= 15 is 56.7 Å². The van der Waals surface area contributed by atoms with Crippen molar-refractivity contribution >= 4 is 117 Å². The van der Waals surface area contributed by atoms with Crippen LogP contribution in [-0.2, 0) is 118 Å². The van der Waals surface area contributed by atoms with Crippen molar-refractivity contribution in [1.29, 1.82) is 0 Å². The van der Waals surface area contributed by atoms with Crippen LogP contribution in [0.2, 0.25) is 0 Å². The first-order valence-electron chi connectivity index (χ1n) is 44.2. The molecular weight excluding hydrogens is 1770 g/mol. The lowest BCUT2D eigenvalue weighted by atomic mass is 9.98. The number of nitrogens with two attached hydrogens (primary N) is 1. The first kappa shape index (κ1) is 105. The van der Waals surface area contributed by atoms with E-state index in [0.717, 1.165) is 24.5 Å². The fourth-order valence-electron chi connectivity index (χ4n) is 16.2. The van der Waals surface area contributed by atoms with E-state index in [1.54, 1.807) is 112 Å². The highest BCUT2D eigenvalue weighted by molar-refractivity contribution is 8.00. The van der Waals surface area contributed by atoms with Gasteiger partial charge >= 0.3 is 5.97 Å². The number of aliphatic carboxylic acids is 1. The lowest BCUT2D eigenvalue weighted by Crippen LogP contribution is -2.64. The quantitative estimate of drug-likeness (QED) is 0.0377. The van der Waals surface area contributed by atoms with Gasteiger partial charge in [-0.15, -0.1) is 11.8 Å². The van der Waals surface area contributed by atoms with E-state index in [9.17, 15) is 48.5 Å². The van der Waals surface area contributed by atoms with Gasteiger partial charge in [0.05, 0.1) is 38.0 Å². The summed E-state index contributed by atoms with van der Waals surface area (Å²) < 4.78 is 56.4. The zero-order valence-electron chi connectivity index (χ0n) is 76.0. The van der Waals surface area contributed by atoms with Crippen molar-refractivity contribution in [3.05, 3.63) is 173 Å². The van der Waals surface area contributed by atoms with Gasteiger partial charge in [0.25, 0.3) is 0 Å². The van der Waals surface area contributed by atoms with Crippen molar-refractivity contribution in [3.63, 3.8) is 0 Å². The average molecular weight is 1890 g/mol. The lowest BCUT2D eigenvalue weighted by molar-refractivity contribution is -0.152. The number of halogens is 3. The zero-order chi connectivity index (χ0) is 97.9. The highest BCUT2D eigenvalue weighted by atomic mass is 32.2. The van der Waals surface area contributed by atoms with Crippen LogP contribution in [0.25, 0.3) is 10.9 Å². The Balaban J connectivity index is 1.14. The maximum atomic E-state index is 15.7. The molecule has 5 aromatic carbocycles. The Bertz CT molecular complexity index is 5150. The number of likely N-dealkylation sites (N-methyl/N-ethyl adjacent to an activating group) is 3. The predicted octanol–water partition coefficient (Wildman–Crippen LogP) is 1.10. The molecule has 0 aliphatic carbocycles. The molecule has 14 atom stereocenters. The van der Waals surface area contributed by atoms with Gasteiger partial charge in [-0.2, -0.15) is 0 Å². The number of aliphatic hydroxyl groups is 1. The molecule has 41 heteroatoms. The predicted molar refractivity (Wildman–Crippen MR) is 484 cm³/mol. The molecule has 3 saturated heterocycles. The van der Waals surface area contributed by atoms with Crippen LogP contribution in [0.4, 0.5) is 13.2 Å². The van der Waals surface area contributed by atoms with Crippen molar-refractivity contribution in [2.75, 3.05) is 79.2 Å². The average Bonchev–Trinajstić information content (AvgIpc) is 1.16. The van der Waals surface area contributed by atoms with Crippen LogP contribution in [0.3, 0.4) is 0 Å². The summed E-state index contributed by atoms with van der Waals surface area (Å²) in [5.74, 6) is -24.8. The third-order valence-corrected chi connectivity index (χ3v) is 24.6. The molecule has 4 heterocycles. The molecule has 0 saturated carbocycles. The van der Waals surface area contributed by atoms with Crippen LogP contribution in [0, 0.1) is 29.3 Å². The number of amides is 15. The Hall–Kier alpha value is -13.0. The normalized spacial score (nSPS) is 24.2. The van der Waals surface area contributed by atoms with Gasteiger partial charge in [-0.25, -0.2) is 13.2 Å². The third-order valence-electron chi connectivity index (χ3n) is 23.5. The number of aliphatic hydroxyl groups excluding tert-OH is 1. The number of phenolic OH excluding ortho intramolecular Hbond substituents is 1. The van der Waals surface area contributed by atoms with Gasteiger partial charge in [0, 0.05) is 109 Å². The smallest absolute Gasteiger partial charge is 0.305 e. The van der Waals surface area contributed by atoms with E-state index in [4.69, 9.17) is 15.2 Å². The lowest BCUT2D eigenvalue weighted by Gasteiger charge is -2.38. The number of thioether (sulfide) groups is 1. The summed E-state index contributed by atoms with van der Waals surface area (Å²) in [5.41, 5.74) is 7.45. The molecule has 724 valence electrons. The number of fused-ring (bicyclic) bond motifs is 3. The van der Waals surface area contributed by atoms with E-state index in [0.29, 0.717) is 63.5 Å². The number of H-pyrrole nitrogens is 1. The molecule has 3 aliphatic heterocycles. The van der Waals surface area contributed by atoms with Crippen LogP contribution in [0.15, 0.2) is 128 Å². The van der Waals surface area contributed by atoms with Crippen molar-refractivity contribution in [1.82, 2.24) is 77.3 Å². The van der Waals surface area contributed by atoms with Crippen molar-refractivity contribution in [2.24, 2.45) is 17.6 Å². The summed E-state index contributed by atoms with van der Waals surface area (Å²) in [6.07, 6.45) is -3.38. The van der Waals surface area contributed by atoms with Gasteiger partial charge in [0.2, 0.25) is 88.6 Å². The number of aromatic amines is 1. The molecule has 0 radical (unpaired) electrons. The monoisotopic (exact) mass is 1880 g/mol. The molecule has 15 amide bonds. The highest BCUT2D eigenvalue weighted by Crippen LogP contribution is 2.28. The number of phenols is 1. The van der Waals surface area contributed by atoms with Gasteiger partial charge in [-0.05, 0) is 89.2 Å².